The molecule has 0 fully saturated rings. The molecule has 0 unspecified atom stereocenters. The fraction of sp³-hybridized carbons (Fsp3) is 0. The van der Waals surface area contributed by atoms with Crippen LogP contribution in [0, 0.1) is 15.9 Å². The number of amides is 1. The van der Waals surface area contributed by atoms with Crippen molar-refractivity contribution in [2.75, 3.05) is 10.7 Å². The lowest BCUT2D eigenvalue weighted by molar-refractivity contribution is -0.383. The monoisotopic (exact) mass is 403 g/mol. The Morgan fingerprint density at radius 1 is 1.11 bits per heavy atom. The molecule has 2 heterocycles. The molecule has 28 heavy (non-hydrogen) atoms. The molecular formula is C16H11ClFN7O3. The number of nitrogens with zero attached hydrogens (tertiary/aromatic N) is 4. The second kappa shape index (κ2) is 8.22. The third-order valence-electron chi connectivity index (χ3n) is 3.39. The molecule has 0 atom stereocenters. The van der Waals surface area contributed by atoms with Gasteiger partial charge < -0.3 is 5.32 Å². The normalized spacial score (nSPS) is 10.2. The second-order valence-electron chi connectivity index (χ2n) is 5.22. The molecule has 0 saturated carbocycles. The van der Waals surface area contributed by atoms with Gasteiger partial charge >= 0.3 is 5.69 Å². The number of hydrogen-bond acceptors (Lipinski definition) is 8. The number of hydrogen-bond donors (Lipinski definition) is 3. The van der Waals surface area contributed by atoms with E-state index in [1.165, 1.54) is 36.5 Å². The van der Waals surface area contributed by atoms with Crippen LogP contribution in [0.3, 0.4) is 0 Å². The van der Waals surface area contributed by atoms with E-state index >= 15 is 0 Å². The van der Waals surface area contributed by atoms with Crippen LogP contribution in [0.4, 0.5) is 27.5 Å². The predicted octanol–water partition coefficient (Wildman–Crippen LogP) is 3.07. The SMILES string of the molecule is O=C(NNc1ncnc(Nc2ccc(Cl)cn2)c1[N+](=O)[O-])c1ccccc1F. The Labute approximate surface area is 161 Å². The molecule has 0 bridgehead atoms. The summed E-state index contributed by atoms with van der Waals surface area (Å²) in [6, 6.07) is 8.33. The third-order valence-corrected chi connectivity index (χ3v) is 3.62. The van der Waals surface area contributed by atoms with Gasteiger partial charge in [-0.05, 0) is 24.3 Å². The summed E-state index contributed by atoms with van der Waals surface area (Å²) < 4.78 is 13.7. The zero-order valence-electron chi connectivity index (χ0n) is 13.9. The van der Waals surface area contributed by atoms with Crippen molar-refractivity contribution in [3.63, 3.8) is 0 Å². The summed E-state index contributed by atoms with van der Waals surface area (Å²) >= 11 is 5.75. The maximum atomic E-state index is 13.7. The zero-order chi connectivity index (χ0) is 20.1. The lowest BCUT2D eigenvalue weighted by Gasteiger charge is -2.11. The maximum Gasteiger partial charge on any atom is 0.355 e. The highest BCUT2D eigenvalue weighted by Crippen LogP contribution is 2.30. The Hall–Kier alpha value is -3.86. The summed E-state index contributed by atoms with van der Waals surface area (Å²) in [5.41, 5.74) is 3.69. The Bertz CT molecular complexity index is 1030. The highest BCUT2D eigenvalue weighted by molar-refractivity contribution is 6.30. The van der Waals surface area contributed by atoms with Crippen molar-refractivity contribution >= 4 is 40.6 Å². The van der Waals surface area contributed by atoms with Crippen LogP contribution < -0.4 is 16.2 Å². The highest BCUT2D eigenvalue weighted by Gasteiger charge is 2.24. The van der Waals surface area contributed by atoms with Gasteiger partial charge in [-0.1, -0.05) is 23.7 Å². The number of nitrogens with one attached hydrogen (secondary N) is 3. The van der Waals surface area contributed by atoms with E-state index in [1.807, 2.05) is 0 Å². The second-order valence-corrected chi connectivity index (χ2v) is 5.66. The summed E-state index contributed by atoms with van der Waals surface area (Å²) in [4.78, 5) is 34.4. The van der Waals surface area contributed by atoms with Gasteiger partial charge in [0.2, 0.25) is 11.6 Å². The summed E-state index contributed by atoms with van der Waals surface area (Å²) in [7, 11) is 0. The van der Waals surface area contributed by atoms with Crippen molar-refractivity contribution in [2.24, 2.45) is 0 Å². The Balaban J connectivity index is 1.83. The van der Waals surface area contributed by atoms with Gasteiger partial charge in [0.15, 0.2) is 0 Å². The molecule has 0 saturated heterocycles. The van der Waals surface area contributed by atoms with E-state index in [9.17, 15) is 19.3 Å². The molecule has 3 aromatic rings. The largest absolute Gasteiger partial charge is 0.355 e. The van der Waals surface area contributed by atoms with Crippen molar-refractivity contribution in [3.8, 4) is 0 Å². The van der Waals surface area contributed by atoms with Crippen LogP contribution >= 0.6 is 11.6 Å². The first-order chi connectivity index (χ1) is 13.5. The minimum Gasteiger partial charge on any atom is -0.319 e. The van der Waals surface area contributed by atoms with E-state index in [1.54, 1.807) is 0 Å². The molecule has 2 aromatic heterocycles. The highest BCUT2D eigenvalue weighted by atomic mass is 35.5. The van der Waals surface area contributed by atoms with E-state index in [0.717, 1.165) is 12.4 Å². The zero-order valence-corrected chi connectivity index (χ0v) is 14.6. The summed E-state index contributed by atoms with van der Waals surface area (Å²) in [6.45, 7) is 0. The van der Waals surface area contributed by atoms with Crippen molar-refractivity contribution in [2.45, 2.75) is 0 Å². The fourth-order valence-corrected chi connectivity index (χ4v) is 2.25. The average Bonchev–Trinajstić information content (AvgIpc) is 2.68. The van der Waals surface area contributed by atoms with Gasteiger partial charge in [0.1, 0.15) is 18.0 Å². The topological polar surface area (TPSA) is 135 Å². The van der Waals surface area contributed by atoms with Crippen LogP contribution in [0.1, 0.15) is 10.4 Å². The van der Waals surface area contributed by atoms with E-state index in [0.29, 0.717) is 5.02 Å². The molecular weight excluding hydrogens is 393 g/mol. The predicted molar refractivity (Wildman–Crippen MR) is 98.7 cm³/mol. The minimum absolute atomic E-state index is 0.169. The minimum atomic E-state index is -0.833. The molecule has 12 heteroatoms. The molecule has 142 valence electrons. The summed E-state index contributed by atoms with van der Waals surface area (Å²) in [5, 5.41) is 14.6. The van der Waals surface area contributed by atoms with E-state index in [2.05, 4.69) is 31.1 Å². The van der Waals surface area contributed by atoms with Gasteiger partial charge in [-0.2, -0.15) is 0 Å². The molecule has 10 nitrogen and oxygen atoms in total. The van der Waals surface area contributed by atoms with E-state index < -0.39 is 22.3 Å². The summed E-state index contributed by atoms with van der Waals surface area (Å²) in [6.07, 6.45) is 2.40. The van der Waals surface area contributed by atoms with Crippen LogP contribution in [0.5, 0.6) is 0 Å². The van der Waals surface area contributed by atoms with Gasteiger partial charge in [-0.15, -0.1) is 0 Å². The van der Waals surface area contributed by atoms with Gasteiger partial charge in [0.05, 0.1) is 15.5 Å². The average molecular weight is 404 g/mol. The van der Waals surface area contributed by atoms with Crippen LogP contribution in [-0.4, -0.2) is 25.8 Å². The number of rotatable bonds is 6. The van der Waals surface area contributed by atoms with Gasteiger partial charge in [-0.3, -0.25) is 25.8 Å². The molecule has 3 rings (SSSR count). The van der Waals surface area contributed by atoms with E-state index in [-0.39, 0.29) is 23.0 Å². The van der Waals surface area contributed by atoms with E-state index in [4.69, 9.17) is 11.6 Å². The first-order valence-corrected chi connectivity index (χ1v) is 8.02. The number of carbonyl (C=O) groups is 1. The van der Waals surface area contributed by atoms with Crippen molar-refractivity contribution in [1.82, 2.24) is 20.4 Å². The maximum absolute atomic E-state index is 13.7. The Kier molecular flexibility index (Phi) is 5.56. The number of anilines is 3. The third kappa shape index (κ3) is 4.27. The fourth-order valence-electron chi connectivity index (χ4n) is 2.13. The number of hydrazine groups is 1. The molecule has 1 amide bonds. The first-order valence-electron chi connectivity index (χ1n) is 7.64. The van der Waals surface area contributed by atoms with Gasteiger partial charge in [0.25, 0.3) is 5.91 Å². The van der Waals surface area contributed by atoms with Gasteiger partial charge in [-0.25, -0.2) is 19.3 Å². The lowest BCUT2D eigenvalue weighted by Crippen LogP contribution is -2.31. The number of benzene rings is 1. The molecule has 3 N–H and O–H groups in total. The molecule has 0 aliphatic heterocycles. The summed E-state index contributed by atoms with van der Waals surface area (Å²) in [5.74, 6) is -1.79. The molecule has 0 aliphatic rings. The molecule has 1 aromatic carbocycles. The number of aromatic nitrogens is 3. The lowest BCUT2D eigenvalue weighted by atomic mass is 10.2. The van der Waals surface area contributed by atoms with Crippen molar-refractivity contribution in [3.05, 3.63) is 75.4 Å². The van der Waals surface area contributed by atoms with Crippen molar-refractivity contribution < 1.29 is 14.1 Å². The number of pyridine rings is 1. The quantitative estimate of drug-likeness (QED) is 0.422. The molecule has 0 spiro atoms. The molecule has 0 radical (unpaired) electrons. The van der Waals surface area contributed by atoms with Crippen LogP contribution in [0.15, 0.2) is 48.9 Å². The van der Waals surface area contributed by atoms with Crippen LogP contribution in [0.25, 0.3) is 0 Å². The smallest absolute Gasteiger partial charge is 0.319 e. The number of carbonyl (C=O) groups excluding carboxylic acids is 1. The molecule has 0 aliphatic carbocycles. The van der Waals surface area contributed by atoms with Gasteiger partial charge in [0, 0.05) is 6.20 Å². The number of nitro groups is 1. The number of halogens is 2. The first kappa shape index (κ1) is 18.9. The Morgan fingerprint density at radius 2 is 1.86 bits per heavy atom. The van der Waals surface area contributed by atoms with Crippen molar-refractivity contribution in [1.29, 1.82) is 0 Å². The standard InChI is InChI=1S/C16H11ClFN7O3/c17-9-5-6-12(19-7-9)22-14-13(25(27)28)15(21-8-20-14)23-24-16(26)10-3-1-2-4-11(10)18/h1-8H,(H,24,26)(H2,19,20,21,22,23). The van der Waals surface area contributed by atoms with Crippen LogP contribution in [-0.2, 0) is 0 Å². The Morgan fingerprint density at radius 3 is 2.54 bits per heavy atom. The van der Waals surface area contributed by atoms with Crippen LogP contribution in [0.2, 0.25) is 5.02 Å².